The first-order valence-electron chi connectivity index (χ1n) is 9.56. The third kappa shape index (κ3) is 4.12. The Morgan fingerprint density at radius 1 is 0.964 bits per heavy atom. The molecule has 4 rings (SSSR count). The molecule has 2 heterocycles. The van der Waals surface area contributed by atoms with Crippen LogP contribution >= 0.6 is 11.8 Å². The Hall–Kier alpha value is -2.60. The molecule has 28 heavy (non-hydrogen) atoms. The molecule has 0 N–H and O–H groups in total. The van der Waals surface area contributed by atoms with E-state index in [-0.39, 0.29) is 5.91 Å². The molecule has 0 unspecified atom stereocenters. The van der Waals surface area contributed by atoms with Gasteiger partial charge in [-0.15, -0.1) is 0 Å². The van der Waals surface area contributed by atoms with Gasteiger partial charge in [-0.1, -0.05) is 36.0 Å². The summed E-state index contributed by atoms with van der Waals surface area (Å²) in [5.41, 5.74) is 5.14. The third-order valence-electron chi connectivity index (χ3n) is 5.03. The molecule has 1 amide bonds. The molecule has 0 radical (unpaired) electrons. The summed E-state index contributed by atoms with van der Waals surface area (Å²) in [6.07, 6.45) is 0. The highest BCUT2D eigenvalue weighted by atomic mass is 32.2. The number of piperazine rings is 1. The molecule has 1 aliphatic rings. The van der Waals surface area contributed by atoms with Crippen LogP contribution in [0.1, 0.15) is 11.3 Å². The van der Waals surface area contributed by atoms with Crippen molar-refractivity contribution in [3.8, 4) is 0 Å². The molecule has 0 spiro atoms. The van der Waals surface area contributed by atoms with E-state index in [1.54, 1.807) is 0 Å². The van der Waals surface area contributed by atoms with Crippen LogP contribution in [0.3, 0.4) is 0 Å². The standard InChI is InChI=1S/C22H24N4OS/c1-16-6-5-7-18(14-16)25-10-12-26(13-11-25)21(27)15-28-22-17(2)23-19-8-3-4-9-20(19)24-22/h3-9,14H,10-13,15H2,1-2H3. The van der Waals surface area contributed by atoms with Gasteiger partial charge in [-0.2, -0.15) is 0 Å². The van der Waals surface area contributed by atoms with Crippen LogP contribution in [0.5, 0.6) is 0 Å². The highest BCUT2D eigenvalue weighted by Crippen LogP contribution is 2.23. The molecular formula is C22H24N4OS. The van der Waals surface area contributed by atoms with Crippen molar-refractivity contribution in [1.82, 2.24) is 14.9 Å². The number of para-hydroxylation sites is 2. The van der Waals surface area contributed by atoms with E-state index < -0.39 is 0 Å². The van der Waals surface area contributed by atoms with Crippen LogP contribution in [-0.4, -0.2) is 52.7 Å². The van der Waals surface area contributed by atoms with Crippen molar-refractivity contribution in [3.63, 3.8) is 0 Å². The number of hydrogen-bond donors (Lipinski definition) is 0. The molecule has 2 aromatic carbocycles. The highest BCUT2D eigenvalue weighted by Gasteiger charge is 2.22. The van der Waals surface area contributed by atoms with E-state index in [0.29, 0.717) is 5.75 Å². The van der Waals surface area contributed by atoms with Gasteiger partial charge in [0, 0.05) is 31.9 Å². The Morgan fingerprint density at radius 2 is 1.68 bits per heavy atom. The summed E-state index contributed by atoms with van der Waals surface area (Å²) in [5, 5.41) is 0.838. The highest BCUT2D eigenvalue weighted by molar-refractivity contribution is 7.99. The van der Waals surface area contributed by atoms with Gasteiger partial charge in [0.15, 0.2) is 0 Å². The summed E-state index contributed by atoms with van der Waals surface area (Å²) in [6.45, 7) is 7.32. The second-order valence-corrected chi connectivity index (χ2v) is 8.06. The van der Waals surface area contributed by atoms with Crippen LogP contribution in [0.15, 0.2) is 53.6 Å². The first-order valence-corrected chi connectivity index (χ1v) is 10.5. The summed E-state index contributed by atoms with van der Waals surface area (Å²) < 4.78 is 0. The quantitative estimate of drug-likeness (QED) is 0.634. The lowest BCUT2D eigenvalue weighted by molar-refractivity contribution is -0.128. The van der Waals surface area contributed by atoms with Gasteiger partial charge >= 0.3 is 0 Å². The van der Waals surface area contributed by atoms with Crippen molar-refractivity contribution in [2.24, 2.45) is 0 Å². The Kier molecular flexibility index (Phi) is 5.48. The summed E-state index contributed by atoms with van der Waals surface area (Å²) >= 11 is 1.48. The number of hydrogen-bond acceptors (Lipinski definition) is 5. The van der Waals surface area contributed by atoms with Crippen LogP contribution in [0.2, 0.25) is 0 Å². The zero-order valence-electron chi connectivity index (χ0n) is 16.3. The van der Waals surface area contributed by atoms with Gasteiger partial charge in [-0.25, -0.2) is 9.97 Å². The Balaban J connectivity index is 1.34. The maximum atomic E-state index is 12.7. The molecule has 1 fully saturated rings. The fourth-order valence-electron chi connectivity index (χ4n) is 3.47. The molecule has 0 bridgehead atoms. The van der Waals surface area contributed by atoms with Gasteiger partial charge in [0.25, 0.3) is 0 Å². The summed E-state index contributed by atoms with van der Waals surface area (Å²) in [5.74, 6) is 0.571. The first kappa shape index (κ1) is 18.7. The smallest absolute Gasteiger partial charge is 0.233 e. The average molecular weight is 393 g/mol. The number of carbonyl (C=O) groups excluding carboxylic acids is 1. The number of carbonyl (C=O) groups is 1. The summed E-state index contributed by atoms with van der Waals surface area (Å²) in [4.78, 5) is 26.3. The monoisotopic (exact) mass is 392 g/mol. The lowest BCUT2D eigenvalue weighted by Crippen LogP contribution is -2.49. The van der Waals surface area contributed by atoms with Crippen molar-refractivity contribution in [1.29, 1.82) is 0 Å². The van der Waals surface area contributed by atoms with Crippen molar-refractivity contribution in [2.45, 2.75) is 18.9 Å². The zero-order chi connectivity index (χ0) is 19.5. The van der Waals surface area contributed by atoms with Crippen LogP contribution in [0.25, 0.3) is 11.0 Å². The summed E-state index contributed by atoms with van der Waals surface area (Å²) in [7, 11) is 0. The van der Waals surface area contributed by atoms with Gasteiger partial charge in [0.05, 0.1) is 22.5 Å². The molecule has 1 aromatic heterocycles. The van der Waals surface area contributed by atoms with E-state index in [9.17, 15) is 4.79 Å². The largest absolute Gasteiger partial charge is 0.368 e. The number of thioether (sulfide) groups is 1. The molecule has 144 valence electrons. The van der Waals surface area contributed by atoms with E-state index in [0.717, 1.165) is 47.9 Å². The first-order chi connectivity index (χ1) is 13.6. The number of benzene rings is 2. The Morgan fingerprint density at radius 3 is 2.39 bits per heavy atom. The molecule has 1 aliphatic heterocycles. The molecule has 3 aromatic rings. The van der Waals surface area contributed by atoms with E-state index in [1.807, 2.05) is 36.1 Å². The fourth-order valence-corrected chi connectivity index (χ4v) is 4.33. The van der Waals surface area contributed by atoms with Crippen LogP contribution < -0.4 is 4.90 Å². The van der Waals surface area contributed by atoms with Crippen molar-refractivity contribution >= 4 is 34.4 Å². The van der Waals surface area contributed by atoms with Crippen LogP contribution in [0, 0.1) is 13.8 Å². The molecule has 5 nitrogen and oxygen atoms in total. The fraction of sp³-hybridized carbons (Fsp3) is 0.318. The molecule has 1 saturated heterocycles. The van der Waals surface area contributed by atoms with E-state index >= 15 is 0 Å². The number of aryl methyl sites for hydroxylation is 2. The van der Waals surface area contributed by atoms with Crippen LogP contribution in [0.4, 0.5) is 5.69 Å². The number of anilines is 1. The van der Waals surface area contributed by atoms with Crippen molar-refractivity contribution in [2.75, 3.05) is 36.8 Å². The second-order valence-electron chi connectivity index (χ2n) is 7.10. The topological polar surface area (TPSA) is 49.3 Å². The normalized spacial score (nSPS) is 14.5. The third-order valence-corrected chi connectivity index (χ3v) is 6.08. The number of nitrogens with zero attached hydrogens (tertiary/aromatic N) is 4. The molecule has 0 saturated carbocycles. The predicted molar refractivity (Wildman–Crippen MR) is 115 cm³/mol. The minimum Gasteiger partial charge on any atom is -0.368 e. The summed E-state index contributed by atoms with van der Waals surface area (Å²) in [6, 6.07) is 16.4. The minimum atomic E-state index is 0.170. The van der Waals surface area contributed by atoms with Gasteiger partial charge in [0.1, 0.15) is 5.03 Å². The molecule has 0 atom stereocenters. The van der Waals surface area contributed by atoms with Gasteiger partial charge in [-0.05, 0) is 43.7 Å². The van der Waals surface area contributed by atoms with Crippen molar-refractivity contribution < 1.29 is 4.79 Å². The lowest BCUT2D eigenvalue weighted by Gasteiger charge is -2.36. The second kappa shape index (κ2) is 8.19. The van der Waals surface area contributed by atoms with E-state index in [4.69, 9.17) is 0 Å². The van der Waals surface area contributed by atoms with Gasteiger partial charge < -0.3 is 9.80 Å². The number of amides is 1. The van der Waals surface area contributed by atoms with Crippen molar-refractivity contribution in [3.05, 3.63) is 59.8 Å². The lowest BCUT2D eigenvalue weighted by atomic mass is 10.2. The Bertz CT molecular complexity index is 999. The number of aromatic nitrogens is 2. The molecule has 6 heteroatoms. The maximum absolute atomic E-state index is 12.7. The average Bonchev–Trinajstić information content (AvgIpc) is 2.72. The number of rotatable bonds is 4. The van der Waals surface area contributed by atoms with Crippen LogP contribution in [-0.2, 0) is 4.79 Å². The van der Waals surface area contributed by atoms with E-state index in [2.05, 4.69) is 46.1 Å². The zero-order valence-corrected chi connectivity index (χ0v) is 17.1. The molecular weight excluding hydrogens is 368 g/mol. The molecule has 0 aliphatic carbocycles. The maximum Gasteiger partial charge on any atom is 0.233 e. The Labute approximate surface area is 169 Å². The SMILES string of the molecule is Cc1cccc(N2CCN(C(=O)CSc3nc4ccccc4nc3C)CC2)c1. The van der Waals surface area contributed by atoms with Gasteiger partial charge in [-0.3, -0.25) is 4.79 Å². The van der Waals surface area contributed by atoms with Gasteiger partial charge in [0.2, 0.25) is 5.91 Å². The van der Waals surface area contributed by atoms with E-state index in [1.165, 1.54) is 23.0 Å². The minimum absolute atomic E-state index is 0.170. The number of fused-ring (bicyclic) bond motifs is 1. The predicted octanol–water partition coefficient (Wildman–Crippen LogP) is 3.69.